The van der Waals surface area contributed by atoms with Crippen LogP contribution in [0.15, 0.2) is 4.99 Å². The van der Waals surface area contributed by atoms with Crippen molar-refractivity contribution in [3.63, 3.8) is 0 Å². The van der Waals surface area contributed by atoms with Gasteiger partial charge in [-0.1, -0.05) is 20.3 Å². The van der Waals surface area contributed by atoms with Crippen molar-refractivity contribution in [1.82, 2.24) is 16.0 Å². The lowest BCUT2D eigenvalue weighted by Crippen LogP contribution is -2.59. The van der Waals surface area contributed by atoms with Crippen LogP contribution in [0.5, 0.6) is 0 Å². The number of aliphatic carboxylic acids is 1. The number of guanidine groups is 1. The summed E-state index contributed by atoms with van der Waals surface area (Å²) in [5, 5.41) is 26.7. The highest BCUT2D eigenvalue weighted by Crippen LogP contribution is 2.11. The van der Waals surface area contributed by atoms with Gasteiger partial charge in [-0.15, -0.1) is 0 Å². The third-order valence-corrected chi connectivity index (χ3v) is 6.06. The molecule has 0 aromatic carbocycles. The standard InChI is InChI=1S/C21H41N7O6S/c1-5-11(2)16(28-18(31)15(22)12(3)29)19(32)26-13(7-6-9-25-21(23)24)17(30)27-14(20(33)34)8-10-35-4/h11-16,29H,5-10,22H2,1-4H3,(H,26,32)(H,27,30)(H,28,31)(H,33,34)(H4,23,24,25). The number of aliphatic hydroxyl groups is 1. The summed E-state index contributed by atoms with van der Waals surface area (Å²) in [7, 11) is 0. The maximum Gasteiger partial charge on any atom is 0.326 e. The fourth-order valence-corrected chi connectivity index (χ4v) is 3.44. The van der Waals surface area contributed by atoms with Gasteiger partial charge in [-0.05, 0) is 44.1 Å². The van der Waals surface area contributed by atoms with Gasteiger partial charge in [-0.2, -0.15) is 11.8 Å². The van der Waals surface area contributed by atoms with E-state index in [1.807, 2.05) is 13.2 Å². The van der Waals surface area contributed by atoms with Crippen LogP contribution in [-0.4, -0.2) is 88.7 Å². The number of hydrogen-bond donors (Lipinski definition) is 8. The van der Waals surface area contributed by atoms with Gasteiger partial charge in [0.05, 0.1) is 6.10 Å². The zero-order valence-corrected chi connectivity index (χ0v) is 21.6. The Morgan fingerprint density at radius 3 is 2.06 bits per heavy atom. The minimum absolute atomic E-state index is 0.118. The minimum Gasteiger partial charge on any atom is -0.480 e. The van der Waals surface area contributed by atoms with Crippen LogP contribution in [0.4, 0.5) is 0 Å². The van der Waals surface area contributed by atoms with Crippen molar-refractivity contribution in [2.24, 2.45) is 28.1 Å². The van der Waals surface area contributed by atoms with E-state index in [1.54, 1.807) is 6.92 Å². The number of aliphatic imine (C=N–C) groups is 1. The lowest BCUT2D eigenvalue weighted by Gasteiger charge is -2.28. The molecule has 0 spiro atoms. The van der Waals surface area contributed by atoms with Crippen LogP contribution in [-0.2, 0) is 19.2 Å². The third kappa shape index (κ3) is 12.6. The number of carboxylic acid groups (broad SMARTS) is 1. The predicted octanol–water partition coefficient (Wildman–Crippen LogP) is -1.91. The summed E-state index contributed by atoms with van der Waals surface area (Å²) in [5.41, 5.74) is 16.3. The number of amides is 3. The number of nitrogens with two attached hydrogens (primary N) is 3. The molecule has 0 aliphatic rings. The third-order valence-electron chi connectivity index (χ3n) is 5.42. The van der Waals surface area contributed by atoms with Gasteiger partial charge >= 0.3 is 5.97 Å². The van der Waals surface area contributed by atoms with Crippen LogP contribution >= 0.6 is 11.8 Å². The molecule has 0 fully saturated rings. The molecule has 6 atom stereocenters. The molecular formula is C21H41N7O6S. The first kappa shape index (κ1) is 32.4. The highest BCUT2D eigenvalue weighted by atomic mass is 32.2. The van der Waals surface area contributed by atoms with Gasteiger partial charge in [0.25, 0.3) is 0 Å². The molecule has 14 heteroatoms. The molecule has 0 rings (SSSR count). The van der Waals surface area contributed by atoms with E-state index in [4.69, 9.17) is 17.2 Å². The molecule has 6 unspecified atom stereocenters. The van der Waals surface area contributed by atoms with Crippen molar-refractivity contribution in [3.05, 3.63) is 0 Å². The second kappa shape index (κ2) is 16.9. The van der Waals surface area contributed by atoms with Gasteiger partial charge in [-0.25, -0.2) is 4.79 Å². The summed E-state index contributed by atoms with van der Waals surface area (Å²) in [5.74, 6) is -3.13. The van der Waals surface area contributed by atoms with Gasteiger partial charge < -0.3 is 43.4 Å². The van der Waals surface area contributed by atoms with E-state index in [9.17, 15) is 29.4 Å². The molecule has 202 valence electrons. The van der Waals surface area contributed by atoms with Crippen LogP contribution in [0.1, 0.15) is 46.5 Å². The fourth-order valence-electron chi connectivity index (χ4n) is 2.97. The smallest absolute Gasteiger partial charge is 0.326 e. The van der Waals surface area contributed by atoms with Gasteiger partial charge in [0, 0.05) is 6.54 Å². The van der Waals surface area contributed by atoms with Gasteiger partial charge in [0.2, 0.25) is 17.7 Å². The van der Waals surface area contributed by atoms with E-state index < -0.39 is 54.0 Å². The number of hydrogen-bond acceptors (Lipinski definition) is 8. The first-order valence-corrected chi connectivity index (χ1v) is 12.9. The molecular weight excluding hydrogens is 478 g/mol. The maximum absolute atomic E-state index is 13.1. The summed E-state index contributed by atoms with van der Waals surface area (Å²) in [6.45, 7) is 5.13. The van der Waals surface area contributed by atoms with Crippen LogP contribution in [0.2, 0.25) is 0 Å². The Labute approximate surface area is 210 Å². The molecule has 3 amide bonds. The lowest BCUT2D eigenvalue weighted by molar-refractivity contribution is -0.142. The average molecular weight is 520 g/mol. The van der Waals surface area contributed by atoms with Crippen LogP contribution < -0.4 is 33.2 Å². The summed E-state index contributed by atoms with van der Waals surface area (Å²) < 4.78 is 0. The van der Waals surface area contributed by atoms with Crippen LogP contribution in [0.25, 0.3) is 0 Å². The first-order valence-electron chi connectivity index (χ1n) is 11.5. The van der Waals surface area contributed by atoms with Crippen LogP contribution in [0.3, 0.4) is 0 Å². The Bertz CT molecular complexity index is 733. The number of nitrogens with zero attached hydrogens (tertiary/aromatic N) is 1. The monoisotopic (exact) mass is 519 g/mol. The molecule has 0 saturated heterocycles. The van der Waals surface area contributed by atoms with E-state index in [2.05, 4.69) is 20.9 Å². The van der Waals surface area contributed by atoms with E-state index in [1.165, 1.54) is 18.7 Å². The number of rotatable bonds is 17. The topological polar surface area (TPSA) is 235 Å². The highest BCUT2D eigenvalue weighted by Gasteiger charge is 2.32. The molecule has 35 heavy (non-hydrogen) atoms. The number of nitrogens with one attached hydrogen (secondary N) is 3. The average Bonchev–Trinajstić information content (AvgIpc) is 2.79. The van der Waals surface area contributed by atoms with Gasteiger partial charge in [0.1, 0.15) is 24.2 Å². The molecule has 0 heterocycles. The fraction of sp³-hybridized carbons (Fsp3) is 0.762. The molecule has 11 N–H and O–H groups in total. The second-order valence-electron chi connectivity index (χ2n) is 8.33. The molecule has 0 bridgehead atoms. The van der Waals surface area contributed by atoms with Gasteiger partial charge in [0.15, 0.2) is 5.96 Å². The maximum atomic E-state index is 13.1. The van der Waals surface area contributed by atoms with E-state index >= 15 is 0 Å². The number of carbonyl (C=O) groups excluding carboxylic acids is 3. The molecule has 0 saturated carbocycles. The lowest BCUT2D eigenvalue weighted by atomic mass is 9.97. The number of carbonyl (C=O) groups is 4. The van der Waals surface area contributed by atoms with E-state index in [-0.39, 0.29) is 31.3 Å². The first-order chi connectivity index (χ1) is 16.3. The molecule has 0 aliphatic heterocycles. The number of aliphatic hydroxyl groups excluding tert-OH is 1. The Morgan fingerprint density at radius 2 is 1.57 bits per heavy atom. The zero-order chi connectivity index (χ0) is 27.1. The molecule has 13 nitrogen and oxygen atoms in total. The Morgan fingerprint density at radius 1 is 0.971 bits per heavy atom. The number of thioether (sulfide) groups is 1. The van der Waals surface area contributed by atoms with Crippen molar-refractivity contribution in [2.45, 2.75) is 76.7 Å². The highest BCUT2D eigenvalue weighted by molar-refractivity contribution is 7.98. The quantitative estimate of drug-likeness (QED) is 0.0602. The molecule has 0 radical (unpaired) electrons. The van der Waals surface area contributed by atoms with E-state index in [0.29, 0.717) is 18.6 Å². The molecule has 0 aromatic heterocycles. The number of carboxylic acids is 1. The SMILES string of the molecule is CCC(C)C(NC(=O)C(N)C(C)O)C(=O)NC(CCCN=C(N)N)C(=O)NC(CCSC)C(=O)O. The van der Waals surface area contributed by atoms with Crippen molar-refractivity contribution in [2.75, 3.05) is 18.6 Å². The summed E-state index contributed by atoms with van der Waals surface area (Å²) in [6, 6.07) is -4.49. The van der Waals surface area contributed by atoms with Crippen molar-refractivity contribution in [1.29, 1.82) is 0 Å². The second-order valence-corrected chi connectivity index (χ2v) is 9.31. The van der Waals surface area contributed by atoms with Crippen molar-refractivity contribution in [3.8, 4) is 0 Å². The Balaban J connectivity index is 5.65. The molecule has 0 aliphatic carbocycles. The Kier molecular flexibility index (Phi) is 15.7. The van der Waals surface area contributed by atoms with Crippen LogP contribution in [0, 0.1) is 5.92 Å². The van der Waals surface area contributed by atoms with Crippen molar-refractivity contribution >= 4 is 41.4 Å². The summed E-state index contributed by atoms with van der Waals surface area (Å²) in [4.78, 5) is 53.9. The van der Waals surface area contributed by atoms with Gasteiger partial charge in [-0.3, -0.25) is 19.4 Å². The minimum atomic E-state index is -1.24. The largest absolute Gasteiger partial charge is 0.480 e. The summed E-state index contributed by atoms with van der Waals surface area (Å²) >= 11 is 1.44. The predicted molar refractivity (Wildman–Crippen MR) is 135 cm³/mol. The normalized spacial score (nSPS) is 16.1. The van der Waals surface area contributed by atoms with Crippen molar-refractivity contribution < 1.29 is 29.4 Å². The zero-order valence-electron chi connectivity index (χ0n) is 20.8. The summed E-state index contributed by atoms with van der Waals surface area (Å²) in [6.07, 6.45) is 1.88. The van der Waals surface area contributed by atoms with E-state index in [0.717, 1.165) is 0 Å². The molecule has 0 aromatic rings. The Hall–Kier alpha value is -2.58.